The van der Waals surface area contributed by atoms with Crippen molar-refractivity contribution < 1.29 is 14.3 Å². The number of hydrogen-bond acceptors (Lipinski definition) is 5. The zero-order valence-corrected chi connectivity index (χ0v) is 8.89. The Morgan fingerprint density at radius 1 is 1.57 bits per heavy atom. The van der Waals surface area contributed by atoms with Gasteiger partial charge >= 0.3 is 5.97 Å². The van der Waals surface area contributed by atoms with E-state index in [0.29, 0.717) is 24.2 Å². The van der Waals surface area contributed by atoms with Crippen LogP contribution < -0.4 is 0 Å². The van der Waals surface area contributed by atoms with Crippen molar-refractivity contribution in [3.63, 3.8) is 0 Å². The molecule has 0 fully saturated rings. The average molecular weight is 213 g/mol. The number of hydrogen-bond donors (Lipinski definition) is 0. The molecular formula is C9H11NO3S. The summed E-state index contributed by atoms with van der Waals surface area (Å²) in [6.07, 6.45) is 1.30. The Kier molecular flexibility index (Phi) is 3.76. The minimum Gasteiger partial charge on any atom is -0.462 e. The number of esters is 1. The third-order valence-electron chi connectivity index (χ3n) is 1.57. The summed E-state index contributed by atoms with van der Waals surface area (Å²) in [6, 6.07) is 0. The molecule has 0 aliphatic heterocycles. The highest BCUT2D eigenvalue weighted by atomic mass is 32.1. The van der Waals surface area contributed by atoms with Gasteiger partial charge in [-0.25, -0.2) is 9.78 Å². The minimum absolute atomic E-state index is 0.185. The van der Waals surface area contributed by atoms with Crippen LogP contribution in [-0.2, 0) is 11.2 Å². The maximum absolute atomic E-state index is 11.3. The summed E-state index contributed by atoms with van der Waals surface area (Å²) in [4.78, 5) is 26.2. The lowest BCUT2D eigenvalue weighted by Gasteiger charge is -1.97. The van der Waals surface area contributed by atoms with E-state index in [9.17, 15) is 9.59 Å². The van der Waals surface area contributed by atoms with Crippen molar-refractivity contribution >= 4 is 23.6 Å². The van der Waals surface area contributed by atoms with Gasteiger partial charge in [-0.3, -0.25) is 4.79 Å². The topological polar surface area (TPSA) is 56.3 Å². The van der Waals surface area contributed by atoms with Gasteiger partial charge in [0.1, 0.15) is 10.6 Å². The number of carbonyl (C=O) groups is 2. The molecule has 0 aliphatic rings. The van der Waals surface area contributed by atoms with E-state index in [0.717, 1.165) is 5.01 Å². The second kappa shape index (κ2) is 4.85. The highest BCUT2D eigenvalue weighted by molar-refractivity contribution is 7.13. The second-order valence-electron chi connectivity index (χ2n) is 2.51. The first kappa shape index (κ1) is 10.8. The van der Waals surface area contributed by atoms with Crippen LogP contribution in [0.4, 0.5) is 0 Å². The lowest BCUT2D eigenvalue weighted by molar-refractivity contribution is 0.0529. The maximum atomic E-state index is 11.3. The molecule has 76 valence electrons. The summed E-state index contributed by atoms with van der Waals surface area (Å²) in [6.45, 7) is 3.94. The Labute approximate surface area is 85.9 Å². The molecular weight excluding hydrogens is 202 g/mol. The van der Waals surface area contributed by atoms with E-state index < -0.39 is 5.97 Å². The smallest absolute Gasteiger partial charge is 0.350 e. The van der Waals surface area contributed by atoms with Gasteiger partial charge in [-0.1, -0.05) is 6.92 Å². The second-order valence-corrected chi connectivity index (χ2v) is 3.60. The molecule has 0 saturated carbocycles. The number of nitrogens with zero attached hydrogens (tertiary/aromatic N) is 1. The standard InChI is InChI=1S/C9H11NO3S/c1-3-7-10-6(5-11)8(14-7)9(12)13-4-2/h5H,3-4H2,1-2H3. The number of carbonyl (C=O) groups excluding carboxylic acids is 2. The average Bonchev–Trinajstić information content (AvgIpc) is 2.61. The lowest BCUT2D eigenvalue weighted by atomic mass is 10.4. The first-order valence-electron chi connectivity index (χ1n) is 4.34. The van der Waals surface area contributed by atoms with Crippen LogP contribution in [0.2, 0.25) is 0 Å². The summed E-state index contributed by atoms with van der Waals surface area (Å²) >= 11 is 1.22. The SMILES string of the molecule is CCOC(=O)c1sc(CC)nc1C=O. The van der Waals surface area contributed by atoms with E-state index in [1.807, 2.05) is 6.92 Å². The largest absolute Gasteiger partial charge is 0.462 e. The first-order chi connectivity index (χ1) is 6.72. The van der Waals surface area contributed by atoms with Crippen LogP contribution in [0.5, 0.6) is 0 Å². The van der Waals surface area contributed by atoms with Gasteiger partial charge in [0.05, 0.1) is 11.6 Å². The van der Waals surface area contributed by atoms with E-state index in [2.05, 4.69) is 4.98 Å². The number of aromatic nitrogens is 1. The van der Waals surface area contributed by atoms with Crippen LogP contribution in [0.3, 0.4) is 0 Å². The molecule has 4 nitrogen and oxygen atoms in total. The van der Waals surface area contributed by atoms with E-state index in [1.165, 1.54) is 11.3 Å². The summed E-state index contributed by atoms with van der Waals surface area (Å²) in [5, 5.41) is 0.773. The molecule has 1 rings (SSSR count). The van der Waals surface area contributed by atoms with Gasteiger partial charge in [0.15, 0.2) is 6.29 Å². The Balaban J connectivity index is 2.99. The molecule has 5 heteroatoms. The Morgan fingerprint density at radius 3 is 2.79 bits per heavy atom. The molecule has 0 spiro atoms. The first-order valence-corrected chi connectivity index (χ1v) is 5.16. The molecule has 1 aromatic rings. The van der Waals surface area contributed by atoms with Crippen LogP contribution in [-0.4, -0.2) is 23.8 Å². The molecule has 14 heavy (non-hydrogen) atoms. The third kappa shape index (κ3) is 2.17. The molecule has 0 atom stereocenters. The van der Waals surface area contributed by atoms with Crippen molar-refractivity contribution in [3.05, 3.63) is 15.6 Å². The van der Waals surface area contributed by atoms with Gasteiger partial charge < -0.3 is 4.74 Å². The van der Waals surface area contributed by atoms with E-state index in [1.54, 1.807) is 6.92 Å². The molecule has 0 N–H and O–H groups in total. The van der Waals surface area contributed by atoms with Gasteiger partial charge in [-0.05, 0) is 13.3 Å². The van der Waals surface area contributed by atoms with Crippen molar-refractivity contribution in [2.45, 2.75) is 20.3 Å². The van der Waals surface area contributed by atoms with Crippen LogP contribution in [0.25, 0.3) is 0 Å². The number of rotatable bonds is 4. The van der Waals surface area contributed by atoms with Crippen molar-refractivity contribution in [2.24, 2.45) is 0 Å². The highest BCUT2D eigenvalue weighted by Gasteiger charge is 2.17. The Bertz CT molecular complexity index is 346. The monoisotopic (exact) mass is 213 g/mol. The molecule has 1 heterocycles. The van der Waals surface area contributed by atoms with Crippen LogP contribution in [0.15, 0.2) is 0 Å². The fourth-order valence-electron chi connectivity index (χ4n) is 0.952. The van der Waals surface area contributed by atoms with Gasteiger partial charge in [0.25, 0.3) is 0 Å². The fourth-order valence-corrected chi connectivity index (χ4v) is 1.82. The number of aldehydes is 1. The molecule has 0 unspecified atom stereocenters. The molecule has 1 aromatic heterocycles. The molecule has 0 bridgehead atoms. The zero-order chi connectivity index (χ0) is 10.6. The molecule has 0 aromatic carbocycles. The zero-order valence-electron chi connectivity index (χ0n) is 8.07. The van der Waals surface area contributed by atoms with Crippen molar-refractivity contribution in [2.75, 3.05) is 6.61 Å². The highest BCUT2D eigenvalue weighted by Crippen LogP contribution is 2.18. The molecule has 0 radical (unpaired) electrons. The quantitative estimate of drug-likeness (QED) is 0.564. The van der Waals surface area contributed by atoms with Gasteiger partial charge in [0.2, 0.25) is 0 Å². The van der Waals surface area contributed by atoms with Gasteiger partial charge in [0, 0.05) is 0 Å². The van der Waals surface area contributed by atoms with Crippen LogP contribution in [0, 0.1) is 0 Å². The molecule has 0 amide bonds. The van der Waals surface area contributed by atoms with Crippen LogP contribution in [0.1, 0.15) is 39.0 Å². The summed E-state index contributed by atoms with van der Waals surface area (Å²) < 4.78 is 4.80. The van der Waals surface area contributed by atoms with E-state index in [4.69, 9.17) is 4.74 Å². The van der Waals surface area contributed by atoms with E-state index in [-0.39, 0.29) is 5.69 Å². The predicted molar refractivity (Wildman–Crippen MR) is 52.8 cm³/mol. The van der Waals surface area contributed by atoms with Crippen molar-refractivity contribution in [1.82, 2.24) is 4.98 Å². The summed E-state index contributed by atoms with van der Waals surface area (Å²) in [5.41, 5.74) is 0.185. The third-order valence-corrected chi connectivity index (χ3v) is 2.77. The number of thiazole rings is 1. The minimum atomic E-state index is -0.466. The van der Waals surface area contributed by atoms with Crippen molar-refractivity contribution in [1.29, 1.82) is 0 Å². The Morgan fingerprint density at radius 2 is 2.29 bits per heavy atom. The van der Waals surface area contributed by atoms with Crippen LogP contribution >= 0.6 is 11.3 Å². The Hall–Kier alpha value is -1.23. The molecule has 0 saturated heterocycles. The number of aryl methyl sites for hydroxylation is 1. The summed E-state index contributed by atoms with van der Waals surface area (Å²) in [5.74, 6) is -0.466. The summed E-state index contributed by atoms with van der Waals surface area (Å²) in [7, 11) is 0. The van der Waals surface area contributed by atoms with Crippen molar-refractivity contribution in [3.8, 4) is 0 Å². The lowest BCUT2D eigenvalue weighted by Crippen LogP contribution is -2.05. The normalized spacial score (nSPS) is 9.86. The van der Waals surface area contributed by atoms with Gasteiger partial charge in [-0.15, -0.1) is 11.3 Å². The predicted octanol–water partition coefficient (Wildman–Crippen LogP) is 1.69. The maximum Gasteiger partial charge on any atom is 0.350 e. The fraction of sp³-hybridized carbons (Fsp3) is 0.444. The van der Waals surface area contributed by atoms with Gasteiger partial charge in [-0.2, -0.15) is 0 Å². The van der Waals surface area contributed by atoms with E-state index >= 15 is 0 Å². The number of ether oxygens (including phenoxy) is 1. The molecule has 0 aliphatic carbocycles.